The molecule has 1 aliphatic rings. The van der Waals surface area contributed by atoms with Crippen LogP contribution in [-0.2, 0) is 11.2 Å². The Hall–Kier alpha value is -1.57. The number of carbonyl (C=O) groups is 1. The van der Waals surface area contributed by atoms with Crippen LogP contribution >= 0.6 is 0 Å². The quantitative estimate of drug-likeness (QED) is 0.205. The van der Waals surface area contributed by atoms with Crippen LogP contribution in [0.5, 0.6) is 0 Å². The van der Waals surface area contributed by atoms with Gasteiger partial charge in [0.25, 0.3) is 0 Å². The third kappa shape index (κ3) is 11.0. The highest BCUT2D eigenvalue weighted by Gasteiger charge is 2.18. The van der Waals surface area contributed by atoms with Gasteiger partial charge in [-0.15, -0.1) is 0 Å². The molecule has 0 amide bonds. The number of rotatable bonds is 17. The second-order valence-corrected chi connectivity index (χ2v) is 9.16. The molecule has 0 radical (unpaired) electrons. The third-order valence-electron chi connectivity index (χ3n) is 6.60. The maximum absolute atomic E-state index is 10.4. The Morgan fingerprint density at radius 3 is 2.13 bits per heavy atom. The number of hydrogen-bond donors (Lipinski definition) is 1. The van der Waals surface area contributed by atoms with Gasteiger partial charge in [0.15, 0.2) is 0 Å². The Kier molecular flexibility index (Phi) is 13.3. The summed E-state index contributed by atoms with van der Waals surface area (Å²) in [5, 5.41) is 8.60. The number of hydrogen-bond acceptors (Lipinski definition) is 1. The van der Waals surface area contributed by atoms with E-state index in [4.69, 9.17) is 5.11 Å². The Morgan fingerprint density at radius 2 is 1.43 bits per heavy atom. The highest BCUT2D eigenvalue weighted by Crippen LogP contribution is 2.35. The lowest BCUT2D eigenvalue weighted by Crippen LogP contribution is -2.09. The van der Waals surface area contributed by atoms with Crippen molar-refractivity contribution in [3.63, 3.8) is 0 Å². The number of carboxylic acids is 1. The number of allylic oxidation sites excluding steroid dienone is 2. The standard InChI is InChI=1S/C28H44O2/c29-28(30)24-15-13-11-9-7-5-3-1-2-4-6-8-10-12-14-19-25-21-18-22-26-20-16-17-23-27(25)26/h1,3,16-17,20,23,25H,2,4-15,18-19,21-22,24H2,(H,29,30)/b3-1+. The van der Waals surface area contributed by atoms with Crippen molar-refractivity contribution < 1.29 is 9.90 Å². The minimum absolute atomic E-state index is 0.328. The summed E-state index contributed by atoms with van der Waals surface area (Å²) in [6.45, 7) is 0. The average molecular weight is 413 g/mol. The summed E-state index contributed by atoms with van der Waals surface area (Å²) < 4.78 is 0. The second kappa shape index (κ2) is 16.2. The van der Waals surface area contributed by atoms with Crippen LogP contribution in [0.1, 0.15) is 126 Å². The molecule has 1 aliphatic carbocycles. The van der Waals surface area contributed by atoms with E-state index in [1.807, 2.05) is 0 Å². The van der Waals surface area contributed by atoms with E-state index in [0.29, 0.717) is 6.42 Å². The predicted molar refractivity (Wildman–Crippen MR) is 128 cm³/mol. The Labute approximate surface area is 185 Å². The van der Waals surface area contributed by atoms with Gasteiger partial charge in [0, 0.05) is 6.42 Å². The summed E-state index contributed by atoms with van der Waals surface area (Å²) in [6.07, 6.45) is 26.8. The van der Waals surface area contributed by atoms with Gasteiger partial charge in [0.1, 0.15) is 0 Å². The molecule has 1 N–H and O–H groups in total. The van der Waals surface area contributed by atoms with E-state index < -0.39 is 5.97 Å². The molecule has 1 aromatic rings. The van der Waals surface area contributed by atoms with Crippen molar-refractivity contribution in [2.45, 2.75) is 121 Å². The summed E-state index contributed by atoms with van der Waals surface area (Å²) in [4.78, 5) is 10.4. The lowest BCUT2D eigenvalue weighted by Gasteiger charge is -2.25. The largest absolute Gasteiger partial charge is 0.481 e. The number of fused-ring (bicyclic) bond motifs is 1. The summed E-state index contributed by atoms with van der Waals surface area (Å²) in [5.74, 6) is 0.161. The topological polar surface area (TPSA) is 37.3 Å². The lowest BCUT2D eigenvalue weighted by molar-refractivity contribution is -0.137. The maximum atomic E-state index is 10.4. The van der Waals surface area contributed by atoms with Crippen LogP contribution in [0.25, 0.3) is 0 Å². The molecular weight excluding hydrogens is 368 g/mol. The van der Waals surface area contributed by atoms with E-state index in [1.54, 1.807) is 11.1 Å². The van der Waals surface area contributed by atoms with Crippen LogP contribution in [0.15, 0.2) is 36.4 Å². The SMILES string of the molecule is O=C(O)CCCCCCC/C=C/CCCCCCCCC1CCCc2ccccc21. The van der Waals surface area contributed by atoms with Gasteiger partial charge in [0.05, 0.1) is 0 Å². The summed E-state index contributed by atoms with van der Waals surface area (Å²) in [5.41, 5.74) is 3.26. The average Bonchev–Trinajstić information content (AvgIpc) is 2.75. The van der Waals surface area contributed by atoms with Crippen LogP contribution in [0.3, 0.4) is 0 Å². The summed E-state index contributed by atoms with van der Waals surface area (Å²) >= 11 is 0. The number of unbranched alkanes of at least 4 members (excludes halogenated alkanes) is 11. The molecule has 2 heteroatoms. The van der Waals surface area contributed by atoms with Gasteiger partial charge in [-0.3, -0.25) is 4.79 Å². The maximum Gasteiger partial charge on any atom is 0.303 e. The fourth-order valence-corrected chi connectivity index (χ4v) is 4.82. The zero-order valence-electron chi connectivity index (χ0n) is 19.1. The van der Waals surface area contributed by atoms with E-state index >= 15 is 0 Å². The van der Waals surface area contributed by atoms with Crippen molar-refractivity contribution in [3.05, 3.63) is 47.5 Å². The normalized spacial score (nSPS) is 16.1. The van der Waals surface area contributed by atoms with E-state index in [-0.39, 0.29) is 0 Å². The molecule has 0 fully saturated rings. The molecule has 168 valence electrons. The molecule has 30 heavy (non-hydrogen) atoms. The molecule has 2 nitrogen and oxygen atoms in total. The minimum Gasteiger partial charge on any atom is -0.481 e. The number of aliphatic carboxylic acids is 1. The van der Waals surface area contributed by atoms with Gasteiger partial charge >= 0.3 is 5.97 Å². The lowest BCUT2D eigenvalue weighted by atomic mass is 9.80. The van der Waals surface area contributed by atoms with Crippen LogP contribution < -0.4 is 0 Å². The molecular formula is C28H44O2. The van der Waals surface area contributed by atoms with E-state index in [2.05, 4.69) is 36.4 Å². The molecule has 0 heterocycles. The molecule has 2 rings (SSSR count). The molecule has 0 aliphatic heterocycles. The summed E-state index contributed by atoms with van der Waals surface area (Å²) in [7, 11) is 0. The molecule has 1 atom stereocenters. The number of benzene rings is 1. The zero-order chi connectivity index (χ0) is 21.3. The Bertz CT molecular complexity index is 604. The zero-order valence-corrected chi connectivity index (χ0v) is 19.1. The summed E-state index contributed by atoms with van der Waals surface area (Å²) in [6, 6.07) is 9.12. The van der Waals surface area contributed by atoms with Gasteiger partial charge in [-0.1, -0.05) is 87.8 Å². The first-order valence-electron chi connectivity index (χ1n) is 12.7. The first-order chi connectivity index (χ1) is 14.8. The van der Waals surface area contributed by atoms with Crippen molar-refractivity contribution in [1.82, 2.24) is 0 Å². The Morgan fingerprint density at radius 1 is 0.833 bits per heavy atom. The molecule has 1 aromatic carbocycles. The smallest absolute Gasteiger partial charge is 0.303 e. The molecule has 0 saturated heterocycles. The first kappa shape index (κ1) is 24.7. The third-order valence-corrected chi connectivity index (χ3v) is 6.60. The van der Waals surface area contributed by atoms with Crippen LogP contribution in [0.4, 0.5) is 0 Å². The van der Waals surface area contributed by atoms with Crippen LogP contribution in [-0.4, -0.2) is 11.1 Å². The fraction of sp³-hybridized carbons (Fsp3) is 0.679. The molecule has 0 bridgehead atoms. The van der Waals surface area contributed by atoms with Crippen LogP contribution in [0, 0.1) is 0 Å². The van der Waals surface area contributed by atoms with E-state index in [9.17, 15) is 4.79 Å². The van der Waals surface area contributed by atoms with Gasteiger partial charge in [-0.25, -0.2) is 0 Å². The van der Waals surface area contributed by atoms with E-state index in [0.717, 1.165) is 18.8 Å². The first-order valence-corrected chi connectivity index (χ1v) is 12.7. The number of aryl methyl sites for hydroxylation is 1. The minimum atomic E-state index is -0.663. The molecule has 0 spiro atoms. The van der Waals surface area contributed by atoms with Gasteiger partial charge in [-0.2, -0.15) is 0 Å². The highest BCUT2D eigenvalue weighted by molar-refractivity contribution is 5.66. The van der Waals surface area contributed by atoms with Gasteiger partial charge < -0.3 is 5.11 Å². The molecule has 1 unspecified atom stereocenters. The van der Waals surface area contributed by atoms with Gasteiger partial charge in [-0.05, 0) is 74.8 Å². The highest BCUT2D eigenvalue weighted by atomic mass is 16.4. The predicted octanol–water partition coefficient (Wildman–Crippen LogP) is 8.60. The van der Waals surface area contributed by atoms with Crippen molar-refractivity contribution in [2.75, 3.05) is 0 Å². The second-order valence-electron chi connectivity index (χ2n) is 9.16. The van der Waals surface area contributed by atoms with Gasteiger partial charge in [0.2, 0.25) is 0 Å². The Balaban J connectivity index is 1.35. The molecule has 0 aromatic heterocycles. The van der Waals surface area contributed by atoms with Crippen molar-refractivity contribution in [1.29, 1.82) is 0 Å². The van der Waals surface area contributed by atoms with Crippen LogP contribution in [0.2, 0.25) is 0 Å². The van der Waals surface area contributed by atoms with Crippen molar-refractivity contribution in [3.8, 4) is 0 Å². The van der Waals surface area contributed by atoms with E-state index in [1.165, 1.54) is 96.3 Å². The van der Waals surface area contributed by atoms with Crippen molar-refractivity contribution in [2.24, 2.45) is 0 Å². The van der Waals surface area contributed by atoms with Crippen molar-refractivity contribution >= 4 is 5.97 Å². The fourth-order valence-electron chi connectivity index (χ4n) is 4.82. The monoisotopic (exact) mass is 412 g/mol. The number of carboxylic acid groups (broad SMARTS) is 1. The molecule has 0 saturated carbocycles.